The van der Waals surface area contributed by atoms with Gasteiger partial charge in [0, 0.05) is 29.0 Å². The van der Waals surface area contributed by atoms with Crippen molar-refractivity contribution in [2.24, 2.45) is 29.1 Å². The highest BCUT2D eigenvalue weighted by molar-refractivity contribution is 5.91. The minimum absolute atomic E-state index is 0.0374. The van der Waals surface area contributed by atoms with Crippen LogP contribution in [0.5, 0.6) is 5.75 Å². The Hall–Kier alpha value is -1.90. The number of nitrogens with zero attached hydrogens (tertiary/aromatic N) is 1. The fraction of sp³-hybridized carbons (Fsp3) is 0.600. The van der Waals surface area contributed by atoms with Crippen molar-refractivity contribution in [1.82, 2.24) is 4.98 Å². The molecule has 146 valence electrons. The van der Waals surface area contributed by atoms with E-state index in [4.69, 9.17) is 4.74 Å². The molecule has 4 aliphatic rings. The first-order valence-electron chi connectivity index (χ1n) is 11.1. The van der Waals surface area contributed by atoms with Crippen molar-refractivity contribution in [3.05, 3.63) is 36.0 Å². The molecule has 1 aromatic carbocycles. The number of fused-ring (bicyclic) bond motifs is 3. The van der Waals surface area contributed by atoms with E-state index in [1.54, 1.807) is 7.11 Å². The number of carbonyl (C=O) groups excluding carboxylic acids is 1. The van der Waals surface area contributed by atoms with Crippen molar-refractivity contribution in [3.8, 4) is 5.75 Å². The Morgan fingerprint density at radius 3 is 2.89 bits per heavy atom. The third-order valence-electron chi connectivity index (χ3n) is 8.47. The molecule has 4 saturated carbocycles. The summed E-state index contributed by atoms with van der Waals surface area (Å²) in [5.74, 6) is 4.60. The van der Waals surface area contributed by atoms with E-state index < -0.39 is 0 Å². The third kappa shape index (κ3) is 2.54. The van der Waals surface area contributed by atoms with Crippen molar-refractivity contribution in [2.45, 2.75) is 57.3 Å². The highest BCUT2D eigenvalue weighted by Crippen LogP contribution is 2.64. The number of carbonyl (C=O) groups is 1. The second-order valence-electron chi connectivity index (χ2n) is 10.1. The van der Waals surface area contributed by atoms with Gasteiger partial charge < -0.3 is 4.74 Å². The molecule has 0 radical (unpaired) electrons. The Kier molecular flexibility index (Phi) is 3.67. The van der Waals surface area contributed by atoms with Gasteiger partial charge in [-0.05, 0) is 79.5 Å². The summed E-state index contributed by atoms with van der Waals surface area (Å²) >= 11 is 0. The van der Waals surface area contributed by atoms with Gasteiger partial charge in [0.1, 0.15) is 11.5 Å². The molecule has 4 fully saturated rings. The first-order valence-corrected chi connectivity index (χ1v) is 11.1. The molecule has 6 unspecified atom stereocenters. The largest absolute Gasteiger partial charge is 0.497 e. The zero-order valence-electron chi connectivity index (χ0n) is 16.7. The predicted octanol–water partition coefficient (Wildman–Crippen LogP) is 5.52. The van der Waals surface area contributed by atoms with Crippen molar-refractivity contribution in [2.75, 3.05) is 7.11 Å². The van der Waals surface area contributed by atoms with E-state index in [2.05, 4.69) is 17.1 Å². The second kappa shape index (κ2) is 6.05. The van der Waals surface area contributed by atoms with Gasteiger partial charge >= 0.3 is 0 Å². The Bertz CT molecular complexity index is 949. The molecular weight excluding hydrogens is 346 g/mol. The van der Waals surface area contributed by atoms with Gasteiger partial charge in [0.25, 0.3) is 0 Å². The van der Waals surface area contributed by atoms with Crippen molar-refractivity contribution < 1.29 is 9.53 Å². The summed E-state index contributed by atoms with van der Waals surface area (Å²) in [5, 5.41) is 1.14. The van der Waals surface area contributed by atoms with E-state index in [1.807, 2.05) is 18.3 Å². The number of rotatable bonds is 4. The van der Waals surface area contributed by atoms with Crippen LogP contribution in [0, 0.1) is 29.1 Å². The summed E-state index contributed by atoms with van der Waals surface area (Å²) in [6.07, 6.45) is 12.2. The maximum absolute atomic E-state index is 13.7. The molecule has 0 amide bonds. The van der Waals surface area contributed by atoms with Crippen molar-refractivity contribution in [1.29, 1.82) is 0 Å². The minimum Gasteiger partial charge on any atom is -0.497 e. The number of ketones is 1. The topological polar surface area (TPSA) is 39.2 Å². The Labute approximate surface area is 166 Å². The maximum atomic E-state index is 13.7. The number of pyridine rings is 1. The third-order valence-corrected chi connectivity index (χ3v) is 8.47. The fourth-order valence-corrected chi connectivity index (χ4v) is 7.15. The van der Waals surface area contributed by atoms with Gasteiger partial charge in [-0.1, -0.05) is 19.3 Å². The Balaban J connectivity index is 1.24. The monoisotopic (exact) mass is 375 g/mol. The van der Waals surface area contributed by atoms with Crippen LogP contribution in [0.25, 0.3) is 10.9 Å². The average molecular weight is 376 g/mol. The van der Waals surface area contributed by atoms with Gasteiger partial charge in [-0.3, -0.25) is 9.78 Å². The van der Waals surface area contributed by atoms with Gasteiger partial charge in [0.2, 0.25) is 0 Å². The summed E-state index contributed by atoms with van der Waals surface area (Å²) in [6.45, 7) is 0. The van der Waals surface area contributed by atoms with Crippen LogP contribution < -0.4 is 4.74 Å². The predicted molar refractivity (Wildman–Crippen MR) is 109 cm³/mol. The van der Waals surface area contributed by atoms with E-state index in [0.29, 0.717) is 11.7 Å². The van der Waals surface area contributed by atoms with Gasteiger partial charge in [-0.15, -0.1) is 0 Å². The van der Waals surface area contributed by atoms with Gasteiger partial charge in [0.15, 0.2) is 0 Å². The second-order valence-corrected chi connectivity index (χ2v) is 10.1. The maximum Gasteiger partial charge on any atom is 0.142 e. The van der Waals surface area contributed by atoms with Crippen molar-refractivity contribution in [3.63, 3.8) is 0 Å². The number of hydrogen-bond donors (Lipinski definition) is 0. The highest BCUT2D eigenvalue weighted by atomic mass is 16.5. The van der Waals surface area contributed by atoms with Crippen LogP contribution >= 0.6 is 0 Å². The lowest BCUT2D eigenvalue weighted by atomic mass is 9.66. The SMILES string of the molecule is COc1ccc2cc(C3CC3C(=O)C34CC5CCCC(C3)C(C5)C4)cnc2c1. The van der Waals surface area contributed by atoms with E-state index in [9.17, 15) is 4.79 Å². The average Bonchev–Trinajstić information content (AvgIpc) is 3.48. The first-order chi connectivity index (χ1) is 13.6. The summed E-state index contributed by atoms with van der Waals surface area (Å²) in [7, 11) is 1.68. The number of hydrogen-bond acceptors (Lipinski definition) is 3. The Morgan fingerprint density at radius 2 is 2.00 bits per heavy atom. The van der Waals surface area contributed by atoms with E-state index in [0.717, 1.165) is 40.8 Å². The van der Waals surface area contributed by atoms with Crippen LogP contribution in [0.15, 0.2) is 30.5 Å². The zero-order valence-corrected chi connectivity index (χ0v) is 16.7. The molecule has 1 aromatic heterocycles. The molecule has 6 atom stereocenters. The molecule has 3 bridgehead atoms. The van der Waals surface area contributed by atoms with Crippen LogP contribution in [0.4, 0.5) is 0 Å². The molecule has 1 heterocycles. The standard InChI is InChI=1S/C25H29NO2/c1-28-20-6-5-16-8-19(14-26-23(16)9-20)21-10-22(21)24(27)25-11-15-3-2-4-17(12-25)18(7-15)13-25/h5-6,8-9,14-15,17-18,21-22H,2-4,7,10-13H2,1H3. The van der Waals surface area contributed by atoms with Crippen LogP contribution in [0.2, 0.25) is 0 Å². The number of methoxy groups -OCH3 is 1. The normalized spacial score (nSPS) is 38.4. The molecule has 6 rings (SSSR count). The Morgan fingerprint density at radius 1 is 1.11 bits per heavy atom. The first kappa shape index (κ1) is 17.0. The van der Waals surface area contributed by atoms with Crippen LogP contribution in [-0.4, -0.2) is 17.9 Å². The zero-order chi connectivity index (χ0) is 18.9. The van der Waals surface area contributed by atoms with E-state index in [1.165, 1.54) is 50.5 Å². The molecule has 4 aliphatic carbocycles. The van der Waals surface area contributed by atoms with Gasteiger partial charge in [-0.2, -0.15) is 0 Å². The minimum atomic E-state index is 0.0374. The van der Waals surface area contributed by atoms with Gasteiger partial charge in [0.05, 0.1) is 12.6 Å². The summed E-state index contributed by atoms with van der Waals surface area (Å²) < 4.78 is 5.30. The number of aromatic nitrogens is 1. The van der Waals surface area contributed by atoms with E-state index in [-0.39, 0.29) is 11.3 Å². The molecule has 3 heteroatoms. The fourth-order valence-electron chi connectivity index (χ4n) is 7.15. The lowest BCUT2D eigenvalue weighted by Gasteiger charge is -2.37. The molecule has 0 N–H and O–H groups in total. The summed E-state index contributed by atoms with van der Waals surface area (Å²) in [6, 6.07) is 8.28. The molecular formula is C25H29NO2. The van der Waals surface area contributed by atoms with Gasteiger partial charge in [-0.25, -0.2) is 0 Å². The highest BCUT2D eigenvalue weighted by Gasteiger charge is 2.59. The van der Waals surface area contributed by atoms with Crippen LogP contribution in [0.1, 0.15) is 62.8 Å². The number of ether oxygens (including phenoxy) is 1. The summed E-state index contributed by atoms with van der Waals surface area (Å²) in [4.78, 5) is 18.3. The molecule has 0 saturated heterocycles. The molecule has 2 aromatic rings. The lowest BCUT2D eigenvalue weighted by Crippen LogP contribution is -2.36. The molecule has 0 aliphatic heterocycles. The van der Waals surface area contributed by atoms with Crippen molar-refractivity contribution >= 4 is 16.7 Å². The lowest BCUT2D eigenvalue weighted by molar-refractivity contribution is -0.132. The van der Waals surface area contributed by atoms with E-state index >= 15 is 0 Å². The van der Waals surface area contributed by atoms with Crippen LogP contribution in [0.3, 0.4) is 0 Å². The molecule has 28 heavy (non-hydrogen) atoms. The quantitative estimate of drug-likeness (QED) is 0.706. The smallest absolute Gasteiger partial charge is 0.142 e. The summed E-state index contributed by atoms with van der Waals surface area (Å²) in [5.41, 5.74) is 2.25. The molecule has 3 nitrogen and oxygen atoms in total. The number of benzene rings is 1. The van der Waals surface area contributed by atoms with Crippen LogP contribution in [-0.2, 0) is 4.79 Å². The molecule has 0 spiro atoms. The number of Topliss-reactive ketones (excluding diaryl/α,β-unsaturated/α-hetero) is 1.